The van der Waals surface area contributed by atoms with E-state index in [1.807, 2.05) is 48.5 Å². The van der Waals surface area contributed by atoms with Crippen LogP contribution in [0.3, 0.4) is 0 Å². The molecule has 0 aliphatic carbocycles. The van der Waals surface area contributed by atoms with Gasteiger partial charge in [0.05, 0.1) is 23.9 Å². The number of nitriles is 1. The summed E-state index contributed by atoms with van der Waals surface area (Å²) in [6.45, 7) is 1.43. The number of hydrogen-bond donors (Lipinski definition) is 1. The number of nitrogens with one attached hydrogen (secondary N) is 1. The van der Waals surface area contributed by atoms with Crippen LogP contribution in [0.5, 0.6) is 5.75 Å². The van der Waals surface area contributed by atoms with Crippen molar-refractivity contribution in [1.82, 2.24) is 4.98 Å². The molecule has 0 saturated carbocycles. The van der Waals surface area contributed by atoms with Crippen LogP contribution < -0.4 is 15.0 Å². The summed E-state index contributed by atoms with van der Waals surface area (Å²) in [4.78, 5) is 19.2. The quantitative estimate of drug-likeness (QED) is 0.734. The van der Waals surface area contributed by atoms with Crippen LogP contribution >= 0.6 is 0 Å². The maximum atomic E-state index is 12.6. The minimum Gasteiger partial charge on any atom is -0.497 e. The fraction of sp³-hybridized carbons (Fsp3) is 0.261. The molecular formula is C23H22N4O2. The van der Waals surface area contributed by atoms with Crippen molar-refractivity contribution in [3.8, 4) is 11.8 Å². The average Bonchev–Trinajstić information content (AvgIpc) is 2.78. The Morgan fingerprint density at radius 1 is 1.21 bits per heavy atom. The van der Waals surface area contributed by atoms with Crippen LogP contribution in [0.25, 0.3) is 10.9 Å². The van der Waals surface area contributed by atoms with Gasteiger partial charge in [0.15, 0.2) is 0 Å². The molecule has 1 aliphatic heterocycles. The molecule has 0 unspecified atom stereocenters. The van der Waals surface area contributed by atoms with E-state index in [4.69, 9.17) is 4.74 Å². The number of benzene rings is 2. The first-order valence-electron chi connectivity index (χ1n) is 9.67. The standard InChI is InChI=1S/C23H22N4O2/c1-29-19-7-8-20-21(13-19)25-15-17(14-24)22(20)27-11-9-16(10-12-27)23(28)26-18-5-3-2-4-6-18/h2-8,13,15-16H,9-12H2,1H3,(H,26,28). The normalized spacial score (nSPS) is 14.4. The van der Waals surface area contributed by atoms with E-state index in [1.165, 1.54) is 0 Å². The molecule has 1 saturated heterocycles. The van der Waals surface area contributed by atoms with Gasteiger partial charge in [-0.2, -0.15) is 5.26 Å². The first-order valence-corrected chi connectivity index (χ1v) is 9.67. The summed E-state index contributed by atoms with van der Waals surface area (Å²) in [7, 11) is 1.62. The molecule has 29 heavy (non-hydrogen) atoms. The van der Waals surface area contributed by atoms with Crippen LogP contribution in [0, 0.1) is 17.2 Å². The Labute approximate surface area is 169 Å². The highest BCUT2D eigenvalue weighted by atomic mass is 16.5. The molecule has 6 nitrogen and oxygen atoms in total. The second kappa shape index (κ2) is 8.19. The molecule has 146 valence electrons. The van der Waals surface area contributed by atoms with Crippen LogP contribution in [-0.4, -0.2) is 31.1 Å². The van der Waals surface area contributed by atoms with E-state index in [2.05, 4.69) is 21.3 Å². The molecule has 4 rings (SSSR count). The Bertz CT molecular complexity index is 1070. The third kappa shape index (κ3) is 3.85. The Balaban J connectivity index is 1.53. The third-order valence-electron chi connectivity index (χ3n) is 5.39. The van der Waals surface area contributed by atoms with E-state index in [1.54, 1.807) is 13.3 Å². The smallest absolute Gasteiger partial charge is 0.227 e. The maximum Gasteiger partial charge on any atom is 0.227 e. The van der Waals surface area contributed by atoms with E-state index < -0.39 is 0 Å². The van der Waals surface area contributed by atoms with Crippen LogP contribution in [0.2, 0.25) is 0 Å². The molecule has 1 amide bonds. The third-order valence-corrected chi connectivity index (χ3v) is 5.39. The second-order valence-corrected chi connectivity index (χ2v) is 7.13. The van der Waals surface area contributed by atoms with Gasteiger partial charge in [0.25, 0.3) is 0 Å². The Hall–Kier alpha value is -3.59. The SMILES string of the molecule is COc1ccc2c(N3CCC(C(=O)Nc4ccccc4)CC3)c(C#N)cnc2c1. The van der Waals surface area contributed by atoms with Crippen molar-refractivity contribution in [2.24, 2.45) is 5.92 Å². The molecule has 6 heteroatoms. The minimum absolute atomic E-state index is 0.0369. The Morgan fingerprint density at radius 2 is 1.97 bits per heavy atom. The van der Waals surface area contributed by atoms with Gasteiger partial charge < -0.3 is 15.0 Å². The predicted octanol–water partition coefficient (Wildman–Crippen LogP) is 3.97. The molecule has 0 atom stereocenters. The summed E-state index contributed by atoms with van der Waals surface area (Å²) in [6, 6.07) is 17.5. The highest BCUT2D eigenvalue weighted by Gasteiger charge is 2.27. The summed E-state index contributed by atoms with van der Waals surface area (Å²) in [5, 5.41) is 13.5. The zero-order chi connectivity index (χ0) is 20.2. The first kappa shape index (κ1) is 18.8. The molecule has 1 N–H and O–H groups in total. The number of ether oxygens (including phenoxy) is 1. The number of fused-ring (bicyclic) bond motifs is 1. The van der Waals surface area contributed by atoms with Gasteiger partial charge in [0.2, 0.25) is 5.91 Å². The minimum atomic E-state index is -0.0369. The van der Waals surface area contributed by atoms with E-state index in [0.29, 0.717) is 18.7 Å². The zero-order valence-electron chi connectivity index (χ0n) is 16.3. The van der Waals surface area contributed by atoms with E-state index in [9.17, 15) is 10.1 Å². The molecule has 2 heterocycles. The van der Waals surface area contributed by atoms with Crippen LogP contribution in [0.15, 0.2) is 54.7 Å². The molecule has 0 radical (unpaired) electrons. The number of anilines is 2. The van der Waals surface area contributed by atoms with Gasteiger partial charge in [-0.1, -0.05) is 18.2 Å². The second-order valence-electron chi connectivity index (χ2n) is 7.13. The molecular weight excluding hydrogens is 364 g/mol. The summed E-state index contributed by atoms with van der Waals surface area (Å²) < 4.78 is 5.29. The predicted molar refractivity (Wildman–Crippen MR) is 113 cm³/mol. The van der Waals surface area contributed by atoms with E-state index in [-0.39, 0.29) is 11.8 Å². The fourth-order valence-electron chi connectivity index (χ4n) is 3.84. The van der Waals surface area contributed by atoms with Crippen LogP contribution in [-0.2, 0) is 4.79 Å². The number of nitrogens with zero attached hydrogens (tertiary/aromatic N) is 3. The van der Waals surface area contributed by atoms with Crippen molar-refractivity contribution < 1.29 is 9.53 Å². The van der Waals surface area contributed by atoms with E-state index in [0.717, 1.165) is 40.9 Å². The van der Waals surface area contributed by atoms with Gasteiger partial charge in [-0.05, 0) is 37.1 Å². The summed E-state index contributed by atoms with van der Waals surface area (Å²) in [5.74, 6) is 0.753. The lowest BCUT2D eigenvalue weighted by Gasteiger charge is -2.34. The highest BCUT2D eigenvalue weighted by Crippen LogP contribution is 2.34. The highest BCUT2D eigenvalue weighted by molar-refractivity contribution is 5.96. The Morgan fingerprint density at radius 3 is 2.66 bits per heavy atom. The van der Waals surface area contributed by atoms with Gasteiger partial charge >= 0.3 is 0 Å². The van der Waals surface area contributed by atoms with E-state index >= 15 is 0 Å². The van der Waals surface area contributed by atoms with Crippen molar-refractivity contribution in [2.45, 2.75) is 12.8 Å². The average molecular weight is 386 g/mol. The molecule has 1 aliphatic rings. The number of aromatic nitrogens is 1. The zero-order valence-corrected chi connectivity index (χ0v) is 16.3. The largest absolute Gasteiger partial charge is 0.497 e. The molecule has 1 fully saturated rings. The topological polar surface area (TPSA) is 78.2 Å². The lowest BCUT2D eigenvalue weighted by molar-refractivity contribution is -0.120. The number of para-hydroxylation sites is 1. The molecule has 2 aromatic carbocycles. The molecule has 1 aromatic heterocycles. The number of carbonyl (C=O) groups excluding carboxylic acids is 1. The number of methoxy groups -OCH3 is 1. The van der Waals surface area contributed by atoms with Gasteiger partial charge in [-0.15, -0.1) is 0 Å². The summed E-state index contributed by atoms with van der Waals surface area (Å²) in [5.41, 5.74) is 3.06. The molecule has 3 aromatic rings. The summed E-state index contributed by atoms with van der Waals surface area (Å²) >= 11 is 0. The number of piperidine rings is 1. The number of pyridine rings is 1. The molecule has 0 bridgehead atoms. The lowest BCUT2D eigenvalue weighted by atomic mass is 9.94. The van der Waals surface area contributed by atoms with Crippen LogP contribution in [0.4, 0.5) is 11.4 Å². The van der Waals surface area contributed by atoms with Crippen molar-refractivity contribution >= 4 is 28.2 Å². The van der Waals surface area contributed by atoms with Gasteiger partial charge in [-0.3, -0.25) is 9.78 Å². The van der Waals surface area contributed by atoms with Crippen LogP contribution in [0.1, 0.15) is 18.4 Å². The van der Waals surface area contributed by atoms with Crippen molar-refractivity contribution in [3.63, 3.8) is 0 Å². The fourth-order valence-corrected chi connectivity index (χ4v) is 3.84. The monoisotopic (exact) mass is 386 g/mol. The number of amides is 1. The maximum absolute atomic E-state index is 12.6. The molecule has 0 spiro atoms. The number of carbonyl (C=O) groups is 1. The van der Waals surface area contributed by atoms with Gasteiger partial charge in [-0.25, -0.2) is 0 Å². The summed E-state index contributed by atoms with van der Waals surface area (Å²) in [6.07, 6.45) is 3.10. The lowest BCUT2D eigenvalue weighted by Crippen LogP contribution is -2.38. The number of rotatable bonds is 4. The van der Waals surface area contributed by atoms with Crippen molar-refractivity contribution in [2.75, 3.05) is 30.4 Å². The van der Waals surface area contributed by atoms with Gasteiger partial charge in [0, 0.05) is 42.3 Å². The van der Waals surface area contributed by atoms with Crippen molar-refractivity contribution in [3.05, 3.63) is 60.3 Å². The number of hydrogen-bond acceptors (Lipinski definition) is 5. The van der Waals surface area contributed by atoms with Crippen molar-refractivity contribution in [1.29, 1.82) is 5.26 Å². The van der Waals surface area contributed by atoms with Gasteiger partial charge in [0.1, 0.15) is 11.8 Å². The Kier molecular flexibility index (Phi) is 5.30. The first-order chi connectivity index (χ1) is 14.2.